The Labute approximate surface area is 114 Å². The highest BCUT2D eigenvalue weighted by molar-refractivity contribution is 6.35. The van der Waals surface area contributed by atoms with E-state index in [1.165, 1.54) is 0 Å². The smallest absolute Gasteiger partial charge is 0.146 e. The van der Waals surface area contributed by atoms with Gasteiger partial charge in [-0.2, -0.15) is 0 Å². The summed E-state index contributed by atoms with van der Waals surface area (Å²) in [4.78, 5) is 3.86. The van der Waals surface area contributed by atoms with E-state index in [0.717, 1.165) is 0 Å². The van der Waals surface area contributed by atoms with Crippen molar-refractivity contribution in [3.63, 3.8) is 0 Å². The largest absolute Gasteiger partial charge is 0.386 e. The minimum absolute atomic E-state index is 0.334. The van der Waals surface area contributed by atoms with E-state index in [2.05, 4.69) is 4.98 Å². The van der Waals surface area contributed by atoms with Crippen LogP contribution in [-0.2, 0) is 6.54 Å². The Bertz CT molecular complexity index is 527. The van der Waals surface area contributed by atoms with Crippen LogP contribution in [0.1, 0.15) is 11.7 Å². The molecule has 0 fully saturated rings. The highest BCUT2D eigenvalue weighted by Crippen LogP contribution is 2.27. The molecule has 1 heterocycles. The van der Waals surface area contributed by atoms with E-state index in [0.29, 0.717) is 27.3 Å². The van der Waals surface area contributed by atoms with Gasteiger partial charge in [-0.3, -0.25) is 0 Å². The van der Waals surface area contributed by atoms with Crippen LogP contribution < -0.4 is 0 Å². The van der Waals surface area contributed by atoms with Crippen LogP contribution in [0.15, 0.2) is 30.7 Å². The van der Waals surface area contributed by atoms with E-state index < -0.39 is 6.10 Å². The number of hydrogen-bond acceptors (Lipinski definition) is 2. The third-order valence-corrected chi connectivity index (χ3v) is 3.06. The van der Waals surface area contributed by atoms with Crippen molar-refractivity contribution in [1.82, 2.24) is 9.55 Å². The quantitative estimate of drug-likeness (QED) is 0.938. The first-order valence-corrected chi connectivity index (χ1v) is 6.00. The van der Waals surface area contributed by atoms with Crippen molar-refractivity contribution in [1.29, 1.82) is 0 Å². The average Bonchev–Trinajstić information content (AvgIpc) is 2.63. The summed E-state index contributed by atoms with van der Waals surface area (Å²) in [6, 6.07) is 4.99. The van der Waals surface area contributed by atoms with E-state index in [1.807, 2.05) is 0 Å². The third kappa shape index (κ3) is 3.13. The third-order valence-electron chi connectivity index (χ3n) is 2.31. The molecule has 2 rings (SSSR count). The van der Waals surface area contributed by atoms with Gasteiger partial charge in [-0.1, -0.05) is 40.9 Å². The maximum Gasteiger partial charge on any atom is 0.146 e. The van der Waals surface area contributed by atoms with Crippen molar-refractivity contribution in [3.8, 4) is 0 Å². The molecule has 17 heavy (non-hydrogen) atoms. The predicted octanol–water partition coefficient (Wildman–Crippen LogP) is 3.58. The summed E-state index contributed by atoms with van der Waals surface area (Å²) in [6.45, 7) is 0.334. The first kappa shape index (κ1) is 12.7. The van der Waals surface area contributed by atoms with Gasteiger partial charge in [0.05, 0.1) is 19.0 Å². The molecule has 0 amide bonds. The van der Waals surface area contributed by atoms with E-state index in [9.17, 15) is 5.11 Å². The second-order valence-corrected chi connectivity index (χ2v) is 4.81. The summed E-state index contributed by atoms with van der Waals surface area (Å²) in [5.41, 5.74) is 0.626. The van der Waals surface area contributed by atoms with Crippen LogP contribution in [-0.4, -0.2) is 14.7 Å². The van der Waals surface area contributed by atoms with Crippen molar-refractivity contribution in [3.05, 3.63) is 51.5 Å². The second-order valence-electron chi connectivity index (χ2n) is 3.57. The van der Waals surface area contributed by atoms with Crippen LogP contribution in [0, 0.1) is 0 Å². The Hall–Kier alpha value is -0.740. The molecule has 2 aromatic rings. The molecule has 0 aliphatic heterocycles. The summed E-state index contributed by atoms with van der Waals surface area (Å²) < 4.78 is 1.69. The molecule has 1 atom stereocenters. The molecule has 0 bridgehead atoms. The lowest BCUT2D eigenvalue weighted by Gasteiger charge is -2.13. The molecular formula is C11H9Cl3N2O. The van der Waals surface area contributed by atoms with Gasteiger partial charge in [0.2, 0.25) is 0 Å². The minimum atomic E-state index is -0.731. The van der Waals surface area contributed by atoms with Crippen molar-refractivity contribution in [2.75, 3.05) is 0 Å². The van der Waals surface area contributed by atoms with E-state index in [4.69, 9.17) is 34.8 Å². The number of aromatic nitrogens is 2. The SMILES string of the molecule is OC(Cn1cnc(Cl)c1)c1ccc(Cl)cc1Cl. The maximum atomic E-state index is 10.0. The molecular weight excluding hydrogens is 282 g/mol. The molecule has 1 N–H and O–H groups in total. The number of aliphatic hydroxyl groups excluding tert-OH is 1. The molecule has 1 unspecified atom stereocenters. The molecule has 1 aromatic heterocycles. The number of nitrogens with zero attached hydrogens (tertiary/aromatic N) is 2. The fraction of sp³-hybridized carbons (Fsp3) is 0.182. The van der Waals surface area contributed by atoms with Crippen molar-refractivity contribution >= 4 is 34.8 Å². The Morgan fingerprint density at radius 1 is 1.29 bits per heavy atom. The van der Waals surface area contributed by atoms with Gasteiger partial charge in [0, 0.05) is 21.8 Å². The summed E-state index contributed by atoms with van der Waals surface area (Å²) in [6.07, 6.45) is 2.45. The lowest BCUT2D eigenvalue weighted by Crippen LogP contribution is -2.07. The molecule has 0 saturated carbocycles. The Morgan fingerprint density at radius 3 is 2.65 bits per heavy atom. The van der Waals surface area contributed by atoms with Gasteiger partial charge < -0.3 is 9.67 Å². The van der Waals surface area contributed by atoms with Gasteiger partial charge in [0.1, 0.15) is 5.15 Å². The molecule has 0 aliphatic rings. The summed E-state index contributed by atoms with van der Waals surface area (Å²) in [5.74, 6) is 0. The lowest BCUT2D eigenvalue weighted by atomic mass is 10.1. The Balaban J connectivity index is 2.17. The van der Waals surface area contributed by atoms with Crippen molar-refractivity contribution in [2.24, 2.45) is 0 Å². The zero-order valence-corrected chi connectivity index (χ0v) is 10.9. The zero-order chi connectivity index (χ0) is 12.4. The summed E-state index contributed by atoms with van der Waals surface area (Å²) in [7, 11) is 0. The van der Waals surface area contributed by atoms with Crippen LogP contribution in [0.5, 0.6) is 0 Å². The van der Waals surface area contributed by atoms with Crippen LogP contribution >= 0.6 is 34.8 Å². The van der Waals surface area contributed by atoms with Crippen LogP contribution in [0.4, 0.5) is 0 Å². The van der Waals surface area contributed by atoms with Crippen LogP contribution in [0.2, 0.25) is 15.2 Å². The minimum Gasteiger partial charge on any atom is -0.386 e. The van der Waals surface area contributed by atoms with Gasteiger partial charge in [0.25, 0.3) is 0 Å². The van der Waals surface area contributed by atoms with Crippen molar-refractivity contribution in [2.45, 2.75) is 12.6 Å². The lowest BCUT2D eigenvalue weighted by molar-refractivity contribution is 0.156. The van der Waals surface area contributed by atoms with Gasteiger partial charge in [0.15, 0.2) is 0 Å². The van der Waals surface area contributed by atoms with E-state index in [1.54, 1.807) is 35.3 Å². The van der Waals surface area contributed by atoms with E-state index >= 15 is 0 Å². The van der Waals surface area contributed by atoms with E-state index in [-0.39, 0.29) is 0 Å². The standard InChI is InChI=1S/C11H9Cl3N2O/c12-7-1-2-8(9(13)3-7)10(17)4-16-5-11(14)15-6-16/h1-3,5-6,10,17H,4H2. The number of rotatable bonds is 3. The van der Waals surface area contributed by atoms with Crippen LogP contribution in [0.3, 0.4) is 0 Å². The first-order valence-electron chi connectivity index (χ1n) is 4.86. The van der Waals surface area contributed by atoms with Crippen LogP contribution in [0.25, 0.3) is 0 Å². The Kier molecular flexibility index (Phi) is 3.94. The predicted molar refractivity (Wildman–Crippen MR) is 68.7 cm³/mol. The number of aliphatic hydroxyl groups is 1. The van der Waals surface area contributed by atoms with Gasteiger partial charge >= 0.3 is 0 Å². The Morgan fingerprint density at radius 2 is 2.06 bits per heavy atom. The second kappa shape index (κ2) is 5.27. The fourth-order valence-corrected chi connectivity index (χ4v) is 2.21. The van der Waals surface area contributed by atoms with Gasteiger partial charge in [-0.15, -0.1) is 0 Å². The molecule has 3 nitrogen and oxygen atoms in total. The first-order chi connectivity index (χ1) is 8.06. The summed E-state index contributed by atoms with van der Waals surface area (Å²) >= 11 is 17.5. The highest BCUT2D eigenvalue weighted by Gasteiger charge is 2.12. The number of halogens is 3. The zero-order valence-electron chi connectivity index (χ0n) is 8.65. The topological polar surface area (TPSA) is 38.0 Å². The maximum absolute atomic E-state index is 10.0. The molecule has 90 valence electrons. The molecule has 0 radical (unpaired) electrons. The van der Waals surface area contributed by atoms with Crippen molar-refractivity contribution < 1.29 is 5.11 Å². The van der Waals surface area contributed by atoms with Gasteiger partial charge in [-0.25, -0.2) is 4.98 Å². The fourth-order valence-electron chi connectivity index (χ4n) is 1.50. The monoisotopic (exact) mass is 290 g/mol. The summed E-state index contributed by atoms with van der Waals surface area (Å²) in [5, 5.41) is 11.4. The number of benzene rings is 1. The molecule has 0 aliphatic carbocycles. The highest BCUT2D eigenvalue weighted by atomic mass is 35.5. The van der Waals surface area contributed by atoms with Gasteiger partial charge in [-0.05, 0) is 12.1 Å². The molecule has 1 aromatic carbocycles. The molecule has 0 spiro atoms. The molecule has 6 heteroatoms. The number of hydrogen-bond donors (Lipinski definition) is 1. The normalized spacial score (nSPS) is 12.7. The number of imidazole rings is 1. The molecule has 0 saturated heterocycles. The average molecular weight is 292 g/mol.